The third-order valence-corrected chi connectivity index (χ3v) is 3.41. The van der Waals surface area contributed by atoms with Crippen LogP contribution in [0.25, 0.3) is 5.65 Å². The number of hydrogen-bond donors (Lipinski definition) is 2. The van der Waals surface area contributed by atoms with Crippen LogP contribution in [0.4, 0.5) is 24.5 Å². The number of nitrogens with two attached hydrogens (primary N) is 1. The normalized spacial score (nSPS) is 11.7. The van der Waals surface area contributed by atoms with Gasteiger partial charge in [-0.25, -0.2) is 14.2 Å². The molecule has 13 heteroatoms. The van der Waals surface area contributed by atoms with Crippen molar-refractivity contribution in [3.05, 3.63) is 46.8 Å². The third kappa shape index (κ3) is 4.03. The van der Waals surface area contributed by atoms with E-state index in [9.17, 15) is 22.8 Å². The lowest BCUT2D eigenvalue weighted by Gasteiger charge is -2.08. The van der Waals surface area contributed by atoms with Crippen molar-refractivity contribution in [2.24, 2.45) is 0 Å². The molecule has 0 saturated heterocycles. The van der Waals surface area contributed by atoms with Crippen LogP contribution in [0.2, 0.25) is 0 Å². The van der Waals surface area contributed by atoms with Crippen LogP contribution in [0.5, 0.6) is 0 Å². The number of aromatic nitrogens is 5. The van der Waals surface area contributed by atoms with Gasteiger partial charge in [-0.1, -0.05) is 17.3 Å². The predicted molar refractivity (Wildman–Crippen MR) is 85.9 cm³/mol. The van der Waals surface area contributed by atoms with E-state index in [0.29, 0.717) is 16.1 Å². The van der Waals surface area contributed by atoms with Gasteiger partial charge >= 0.3 is 12.1 Å². The number of para-hydroxylation sites is 2. The number of anilines is 2. The van der Waals surface area contributed by atoms with Gasteiger partial charge in [-0.05, 0) is 12.1 Å². The first-order valence-electron chi connectivity index (χ1n) is 7.43. The molecule has 27 heavy (non-hydrogen) atoms. The summed E-state index contributed by atoms with van der Waals surface area (Å²) in [4.78, 5) is 28.4. The van der Waals surface area contributed by atoms with Crippen molar-refractivity contribution in [1.82, 2.24) is 24.4 Å². The maximum atomic E-state index is 12.4. The van der Waals surface area contributed by atoms with Crippen LogP contribution in [0.15, 0.2) is 35.4 Å². The van der Waals surface area contributed by atoms with Crippen LogP contribution in [-0.2, 0) is 11.3 Å². The SMILES string of the molecule is Nc1ccccc1NC(=O)c1ncn2c(=O)n(CCOC(F)(F)F)nnc12. The highest BCUT2D eigenvalue weighted by Gasteiger charge is 2.29. The molecule has 2 heterocycles. The zero-order valence-corrected chi connectivity index (χ0v) is 13.5. The van der Waals surface area contributed by atoms with E-state index in [1.54, 1.807) is 24.3 Å². The molecular formula is C14H12F3N7O3. The highest BCUT2D eigenvalue weighted by molar-refractivity contribution is 6.07. The lowest BCUT2D eigenvalue weighted by molar-refractivity contribution is -0.325. The molecule has 0 unspecified atom stereocenters. The lowest BCUT2D eigenvalue weighted by atomic mass is 10.2. The van der Waals surface area contributed by atoms with Crippen molar-refractivity contribution in [2.45, 2.75) is 12.9 Å². The summed E-state index contributed by atoms with van der Waals surface area (Å²) in [5.41, 5.74) is 5.24. The van der Waals surface area contributed by atoms with E-state index in [0.717, 1.165) is 10.7 Å². The number of alkyl halides is 3. The molecule has 0 fully saturated rings. The zero-order valence-electron chi connectivity index (χ0n) is 13.5. The highest BCUT2D eigenvalue weighted by Crippen LogP contribution is 2.18. The molecule has 10 nitrogen and oxygen atoms in total. The summed E-state index contributed by atoms with van der Waals surface area (Å²) in [6.45, 7) is -1.31. The Morgan fingerprint density at radius 1 is 1.30 bits per heavy atom. The number of fused-ring (bicyclic) bond motifs is 1. The Kier molecular flexibility index (Phi) is 4.77. The highest BCUT2D eigenvalue weighted by atomic mass is 19.4. The average molecular weight is 383 g/mol. The summed E-state index contributed by atoms with van der Waals surface area (Å²) in [7, 11) is 0. The minimum atomic E-state index is -4.82. The first-order chi connectivity index (χ1) is 12.8. The second kappa shape index (κ2) is 7.03. The van der Waals surface area contributed by atoms with Gasteiger partial charge in [0.15, 0.2) is 11.3 Å². The third-order valence-electron chi connectivity index (χ3n) is 3.41. The minimum Gasteiger partial charge on any atom is -0.397 e. The number of nitrogen functional groups attached to an aromatic ring is 1. The van der Waals surface area contributed by atoms with Gasteiger partial charge in [-0.2, -0.15) is 4.68 Å². The van der Waals surface area contributed by atoms with Crippen LogP contribution >= 0.6 is 0 Å². The first-order valence-corrected chi connectivity index (χ1v) is 7.43. The largest absolute Gasteiger partial charge is 0.522 e. The fourth-order valence-electron chi connectivity index (χ4n) is 2.18. The molecule has 0 radical (unpaired) electrons. The van der Waals surface area contributed by atoms with Crippen molar-refractivity contribution in [2.75, 3.05) is 17.7 Å². The van der Waals surface area contributed by atoms with Crippen molar-refractivity contribution >= 4 is 22.9 Å². The molecular weight excluding hydrogens is 371 g/mol. The molecule has 0 aliphatic heterocycles. The molecule has 0 aliphatic rings. The van der Waals surface area contributed by atoms with Crippen LogP contribution in [0.1, 0.15) is 10.5 Å². The number of nitrogens with zero attached hydrogens (tertiary/aromatic N) is 5. The van der Waals surface area contributed by atoms with E-state index in [-0.39, 0.29) is 11.3 Å². The average Bonchev–Trinajstić information content (AvgIpc) is 3.03. The van der Waals surface area contributed by atoms with Crippen molar-refractivity contribution in [3.8, 4) is 0 Å². The number of benzene rings is 1. The Hall–Kier alpha value is -3.48. The molecule has 0 saturated carbocycles. The molecule has 0 atom stereocenters. The molecule has 142 valence electrons. The molecule has 2 aromatic heterocycles. The van der Waals surface area contributed by atoms with Gasteiger partial charge in [0.1, 0.15) is 6.33 Å². The Bertz CT molecular complexity index is 1040. The Balaban J connectivity index is 1.83. The number of imidazole rings is 1. The first kappa shape index (κ1) is 18.3. The standard InChI is InChI=1S/C14H12F3N7O3/c15-14(16,17)27-6-5-24-13(26)23-7-19-10(11(23)21-22-24)12(25)20-9-4-2-1-3-8(9)18/h1-4,7H,5-6,18H2,(H,20,25). The van der Waals surface area contributed by atoms with Crippen molar-refractivity contribution < 1.29 is 22.7 Å². The maximum Gasteiger partial charge on any atom is 0.522 e. The van der Waals surface area contributed by atoms with Gasteiger partial charge in [0.2, 0.25) is 0 Å². The maximum absolute atomic E-state index is 12.4. The molecule has 0 aliphatic carbocycles. The second-order valence-electron chi connectivity index (χ2n) is 5.22. The number of halogens is 3. The molecule has 0 spiro atoms. The molecule has 3 aromatic rings. The summed E-state index contributed by atoms with van der Waals surface area (Å²) < 4.78 is 41.1. The molecule has 3 rings (SSSR count). The summed E-state index contributed by atoms with van der Waals surface area (Å²) in [6, 6.07) is 6.51. The Labute approximate surface area is 148 Å². The fraction of sp³-hybridized carbons (Fsp3) is 0.214. The summed E-state index contributed by atoms with van der Waals surface area (Å²) in [6.07, 6.45) is -3.79. The molecule has 0 bridgehead atoms. The van der Waals surface area contributed by atoms with Crippen molar-refractivity contribution in [1.29, 1.82) is 0 Å². The monoisotopic (exact) mass is 383 g/mol. The summed E-state index contributed by atoms with van der Waals surface area (Å²) in [5, 5.41) is 9.72. The van der Waals surface area contributed by atoms with Crippen LogP contribution < -0.4 is 16.7 Å². The van der Waals surface area contributed by atoms with Crippen LogP contribution in [0, 0.1) is 0 Å². The summed E-state index contributed by atoms with van der Waals surface area (Å²) in [5.74, 6) is -0.678. The Morgan fingerprint density at radius 3 is 2.74 bits per heavy atom. The summed E-state index contributed by atoms with van der Waals surface area (Å²) >= 11 is 0. The number of nitrogens with one attached hydrogen (secondary N) is 1. The molecule has 1 amide bonds. The van der Waals surface area contributed by atoms with Gasteiger partial charge in [0.05, 0.1) is 24.5 Å². The van der Waals surface area contributed by atoms with Gasteiger partial charge < -0.3 is 11.1 Å². The van der Waals surface area contributed by atoms with Gasteiger partial charge in [0.25, 0.3) is 5.91 Å². The van der Waals surface area contributed by atoms with Crippen molar-refractivity contribution in [3.63, 3.8) is 0 Å². The predicted octanol–water partition coefficient (Wildman–Crippen LogP) is 0.657. The number of carbonyl (C=O) groups excluding carboxylic acids is 1. The number of hydrogen-bond acceptors (Lipinski definition) is 7. The van der Waals surface area contributed by atoms with E-state index < -0.39 is 31.1 Å². The number of rotatable bonds is 5. The Morgan fingerprint density at radius 2 is 2.04 bits per heavy atom. The van der Waals surface area contributed by atoms with E-state index in [2.05, 4.69) is 25.3 Å². The number of ether oxygens (including phenoxy) is 1. The number of carbonyl (C=O) groups is 1. The van der Waals surface area contributed by atoms with Gasteiger partial charge in [-0.3, -0.25) is 9.53 Å². The zero-order chi connectivity index (χ0) is 19.6. The van der Waals surface area contributed by atoms with Crippen LogP contribution in [0.3, 0.4) is 0 Å². The lowest BCUT2D eigenvalue weighted by Crippen LogP contribution is -2.32. The smallest absolute Gasteiger partial charge is 0.397 e. The van der Waals surface area contributed by atoms with Gasteiger partial charge in [-0.15, -0.1) is 18.3 Å². The van der Waals surface area contributed by atoms with E-state index >= 15 is 0 Å². The fourth-order valence-corrected chi connectivity index (χ4v) is 2.18. The van der Waals surface area contributed by atoms with Crippen LogP contribution in [-0.4, -0.2) is 43.3 Å². The molecule has 3 N–H and O–H groups in total. The van der Waals surface area contributed by atoms with E-state index in [1.165, 1.54) is 0 Å². The second-order valence-corrected chi connectivity index (χ2v) is 5.22. The van der Waals surface area contributed by atoms with Gasteiger partial charge in [0, 0.05) is 0 Å². The quantitative estimate of drug-likeness (QED) is 0.619. The topological polar surface area (TPSA) is 129 Å². The molecule has 1 aromatic carbocycles. The van der Waals surface area contributed by atoms with E-state index in [1.807, 2.05) is 0 Å². The number of amides is 1. The minimum absolute atomic E-state index is 0.153. The van der Waals surface area contributed by atoms with E-state index in [4.69, 9.17) is 5.73 Å².